The van der Waals surface area contributed by atoms with Gasteiger partial charge in [0.05, 0.1) is 12.5 Å². The summed E-state index contributed by atoms with van der Waals surface area (Å²) in [5, 5.41) is 8.45. The maximum Gasteiger partial charge on any atom is 0.191 e. The molecule has 0 heterocycles. The predicted octanol–water partition coefficient (Wildman–Crippen LogP) is 0.803. The summed E-state index contributed by atoms with van der Waals surface area (Å²) in [4.78, 5) is 5.84. The SMILES string of the molecule is CN=C(N)N(CCC#N)CC(C)C. The fourth-order valence-electron chi connectivity index (χ4n) is 1.07. The Hall–Kier alpha value is -1.24. The summed E-state index contributed by atoms with van der Waals surface area (Å²) in [5.74, 6) is 1.04. The first-order valence-corrected chi connectivity index (χ1v) is 4.46. The lowest BCUT2D eigenvalue weighted by atomic mass is 10.2. The number of nitrogens with two attached hydrogens (primary N) is 1. The van der Waals surface area contributed by atoms with Crippen molar-refractivity contribution in [3.05, 3.63) is 0 Å². The van der Waals surface area contributed by atoms with E-state index >= 15 is 0 Å². The monoisotopic (exact) mass is 182 g/mol. The molecule has 0 fully saturated rings. The summed E-state index contributed by atoms with van der Waals surface area (Å²) in [6.45, 7) is 5.74. The molecular formula is C9H18N4. The van der Waals surface area contributed by atoms with Crippen LogP contribution in [0.3, 0.4) is 0 Å². The standard InChI is InChI=1S/C9H18N4/c1-8(2)7-13(6-4-5-10)9(11)12-3/h8H,4,6-7H2,1-3H3,(H2,11,12). The van der Waals surface area contributed by atoms with Crippen molar-refractivity contribution < 1.29 is 0 Å². The first kappa shape index (κ1) is 11.8. The van der Waals surface area contributed by atoms with Crippen molar-refractivity contribution in [3.63, 3.8) is 0 Å². The second-order valence-electron chi connectivity index (χ2n) is 3.33. The van der Waals surface area contributed by atoms with Gasteiger partial charge in [0, 0.05) is 20.1 Å². The Morgan fingerprint density at radius 2 is 2.23 bits per heavy atom. The van der Waals surface area contributed by atoms with E-state index in [-0.39, 0.29) is 0 Å². The average molecular weight is 182 g/mol. The molecule has 0 aliphatic rings. The van der Waals surface area contributed by atoms with Crippen LogP contribution in [0.4, 0.5) is 0 Å². The Morgan fingerprint density at radius 3 is 2.62 bits per heavy atom. The van der Waals surface area contributed by atoms with Gasteiger partial charge in [0.2, 0.25) is 0 Å². The van der Waals surface area contributed by atoms with Crippen LogP contribution in [-0.4, -0.2) is 31.0 Å². The zero-order valence-corrected chi connectivity index (χ0v) is 8.62. The van der Waals surface area contributed by atoms with E-state index in [2.05, 4.69) is 24.9 Å². The topological polar surface area (TPSA) is 65.4 Å². The summed E-state index contributed by atoms with van der Waals surface area (Å²) in [7, 11) is 1.66. The van der Waals surface area contributed by atoms with E-state index in [0.29, 0.717) is 24.8 Å². The Morgan fingerprint density at radius 1 is 1.62 bits per heavy atom. The third-order valence-corrected chi connectivity index (χ3v) is 1.63. The summed E-state index contributed by atoms with van der Waals surface area (Å²) in [6, 6.07) is 2.10. The highest BCUT2D eigenvalue weighted by atomic mass is 15.2. The highest BCUT2D eigenvalue weighted by Crippen LogP contribution is 1.99. The third kappa shape index (κ3) is 5.07. The molecule has 0 saturated heterocycles. The quantitative estimate of drug-likeness (QED) is 0.516. The second kappa shape index (κ2) is 6.30. The third-order valence-electron chi connectivity index (χ3n) is 1.63. The van der Waals surface area contributed by atoms with Crippen LogP contribution in [0.15, 0.2) is 4.99 Å². The van der Waals surface area contributed by atoms with E-state index < -0.39 is 0 Å². The zero-order chi connectivity index (χ0) is 10.3. The minimum Gasteiger partial charge on any atom is -0.370 e. The Labute approximate surface area is 80.0 Å². The average Bonchev–Trinajstić information content (AvgIpc) is 2.10. The number of aliphatic imine (C=N–C) groups is 1. The molecule has 0 aromatic heterocycles. The van der Waals surface area contributed by atoms with Crippen molar-refractivity contribution in [1.29, 1.82) is 5.26 Å². The Bertz CT molecular complexity index is 202. The first-order chi connectivity index (χ1) is 6.11. The number of nitriles is 1. The molecule has 0 unspecified atom stereocenters. The van der Waals surface area contributed by atoms with Gasteiger partial charge in [-0.3, -0.25) is 4.99 Å². The molecule has 4 heteroatoms. The van der Waals surface area contributed by atoms with Crippen molar-refractivity contribution in [3.8, 4) is 6.07 Å². The summed E-state index contributed by atoms with van der Waals surface area (Å²) in [5.41, 5.74) is 5.67. The van der Waals surface area contributed by atoms with Gasteiger partial charge in [-0.1, -0.05) is 13.8 Å². The lowest BCUT2D eigenvalue weighted by Crippen LogP contribution is -2.40. The number of hydrogen-bond donors (Lipinski definition) is 1. The van der Waals surface area contributed by atoms with Crippen LogP contribution in [0.2, 0.25) is 0 Å². The molecule has 0 aromatic rings. The van der Waals surface area contributed by atoms with Crippen LogP contribution >= 0.6 is 0 Å². The molecule has 2 N–H and O–H groups in total. The van der Waals surface area contributed by atoms with Gasteiger partial charge < -0.3 is 10.6 Å². The van der Waals surface area contributed by atoms with Crippen molar-refractivity contribution in [2.24, 2.45) is 16.6 Å². The molecule has 0 spiro atoms. The molecule has 13 heavy (non-hydrogen) atoms. The van der Waals surface area contributed by atoms with Crippen LogP contribution in [0.25, 0.3) is 0 Å². The van der Waals surface area contributed by atoms with Gasteiger partial charge in [-0.15, -0.1) is 0 Å². The van der Waals surface area contributed by atoms with E-state index in [1.165, 1.54) is 0 Å². The number of nitrogens with zero attached hydrogens (tertiary/aromatic N) is 3. The fraction of sp³-hybridized carbons (Fsp3) is 0.778. The highest BCUT2D eigenvalue weighted by Gasteiger charge is 2.08. The number of guanidine groups is 1. The van der Waals surface area contributed by atoms with Gasteiger partial charge in [0.25, 0.3) is 0 Å². The van der Waals surface area contributed by atoms with E-state index in [1.807, 2.05) is 4.90 Å². The summed E-state index contributed by atoms with van der Waals surface area (Å²) < 4.78 is 0. The van der Waals surface area contributed by atoms with Gasteiger partial charge in [0.1, 0.15) is 0 Å². The molecule has 0 amide bonds. The van der Waals surface area contributed by atoms with E-state index in [1.54, 1.807) is 7.05 Å². The maximum absolute atomic E-state index is 8.45. The van der Waals surface area contributed by atoms with Crippen LogP contribution in [0, 0.1) is 17.2 Å². The zero-order valence-electron chi connectivity index (χ0n) is 8.62. The molecule has 0 radical (unpaired) electrons. The molecule has 0 aromatic carbocycles. The summed E-state index contributed by atoms with van der Waals surface area (Å²) in [6.07, 6.45) is 0.489. The van der Waals surface area contributed by atoms with Crippen molar-refractivity contribution in [2.75, 3.05) is 20.1 Å². The van der Waals surface area contributed by atoms with Gasteiger partial charge >= 0.3 is 0 Å². The largest absolute Gasteiger partial charge is 0.370 e. The first-order valence-electron chi connectivity index (χ1n) is 4.46. The van der Waals surface area contributed by atoms with Gasteiger partial charge in [-0.25, -0.2) is 0 Å². The van der Waals surface area contributed by atoms with Crippen molar-refractivity contribution >= 4 is 5.96 Å². The van der Waals surface area contributed by atoms with Crippen molar-refractivity contribution in [2.45, 2.75) is 20.3 Å². The molecule has 0 aliphatic heterocycles. The molecule has 0 rings (SSSR count). The number of rotatable bonds is 4. The highest BCUT2D eigenvalue weighted by molar-refractivity contribution is 5.77. The Kier molecular flexibility index (Phi) is 5.69. The van der Waals surface area contributed by atoms with Gasteiger partial charge in [-0.05, 0) is 5.92 Å². The van der Waals surface area contributed by atoms with Crippen LogP contribution in [-0.2, 0) is 0 Å². The molecular weight excluding hydrogens is 164 g/mol. The summed E-state index contributed by atoms with van der Waals surface area (Å²) >= 11 is 0. The Balaban J connectivity index is 4.12. The molecule has 0 aliphatic carbocycles. The minimum absolute atomic E-state index is 0.489. The molecule has 0 saturated carbocycles. The van der Waals surface area contributed by atoms with Gasteiger partial charge in [0.15, 0.2) is 5.96 Å². The molecule has 4 nitrogen and oxygen atoms in total. The smallest absolute Gasteiger partial charge is 0.191 e. The van der Waals surface area contributed by atoms with E-state index in [0.717, 1.165) is 6.54 Å². The second-order valence-corrected chi connectivity index (χ2v) is 3.33. The minimum atomic E-state index is 0.489. The van der Waals surface area contributed by atoms with Crippen LogP contribution in [0.1, 0.15) is 20.3 Å². The maximum atomic E-state index is 8.45. The van der Waals surface area contributed by atoms with E-state index in [9.17, 15) is 0 Å². The normalized spacial score (nSPS) is 11.5. The van der Waals surface area contributed by atoms with Crippen LogP contribution in [0.5, 0.6) is 0 Å². The number of hydrogen-bond acceptors (Lipinski definition) is 2. The lowest BCUT2D eigenvalue weighted by Gasteiger charge is -2.24. The molecule has 0 bridgehead atoms. The fourth-order valence-corrected chi connectivity index (χ4v) is 1.07. The molecule has 74 valence electrons. The molecule has 0 atom stereocenters. The van der Waals surface area contributed by atoms with Crippen molar-refractivity contribution in [1.82, 2.24) is 4.90 Å². The predicted molar refractivity (Wildman–Crippen MR) is 54.2 cm³/mol. The van der Waals surface area contributed by atoms with Gasteiger partial charge in [-0.2, -0.15) is 5.26 Å². The van der Waals surface area contributed by atoms with Crippen LogP contribution < -0.4 is 5.73 Å². The lowest BCUT2D eigenvalue weighted by molar-refractivity contribution is 0.368. The van der Waals surface area contributed by atoms with E-state index in [4.69, 9.17) is 11.0 Å².